The third-order valence-electron chi connectivity index (χ3n) is 14.1. The molecule has 344 valence electrons. The summed E-state index contributed by atoms with van der Waals surface area (Å²) in [4.78, 5) is 7.15. The Morgan fingerprint density at radius 3 is 1.22 bits per heavy atom. The van der Waals surface area contributed by atoms with Crippen molar-refractivity contribution in [3.63, 3.8) is 0 Å². The highest BCUT2D eigenvalue weighted by molar-refractivity contribution is 7.26. The van der Waals surface area contributed by atoms with Gasteiger partial charge in [0.05, 0.1) is 11.4 Å². The molecular weight excluding hydrogens is 907 g/mol. The van der Waals surface area contributed by atoms with Gasteiger partial charge in [0.15, 0.2) is 0 Å². The Kier molecular flexibility index (Phi) is 10.3. The van der Waals surface area contributed by atoms with Gasteiger partial charge in [-0.15, -0.1) is 11.3 Å². The quantitative estimate of drug-likeness (QED) is 0.136. The highest BCUT2D eigenvalue weighted by atomic mass is 32.1. The SMILES string of the molecule is c1ccc(N(c2ccccc2)c2cc(-c3ccc4c(c3)oc3c5ccccc5c(N(c5ccccc5)c5cc6c7ccccc7sc6c6ccccc56)cc43)cc(N(c3ccccc3)c3ccccc3)c2)cc1. The van der Waals surface area contributed by atoms with Gasteiger partial charge in [-0.2, -0.15) is 0 Å². The maximum Gasteiger partial charge on any atom is 0.143 e. The summed E-state index contributed by atoms with van der Waals surface area (Å²) in [5, 5.41) is 9.29. The van der Waals surface area contributed by atoms with Crippen LogP contribution < -0.4 is 14.7 Å². The fourth-order valence-corrected chi connectivity index (χ4v) is 12.1. The molecule has 0 N–H and O–H groups in total. The minimum Gasteiger partial charge on any atom is -0.455 e. The number of hydrogen-bond donors (Lipinski definition) is 0. The molecule has 0 fully saturated rings. The van der Waals surface area contributed by atoms with Crippen molar-refractivity contribution in [2.45, 2.75) is 0 Å². The number of furan rings is 1. The van der Waals surface area contributed by atoms with E-state index in [0.29, 0.717) is 0 Å². The van der Waals surface area contributed by atoms with Crippen LogP contribution in [-0.2, 0) is 0 Å². The zero-order chi connectivity index (χ0) is 48.2. The number of thiophene rings is 1. The van der Waals surface area contributed by atoms with Gasteiger partial charge in [0.1, 0.15) is 11.2 Å². The molecule has 0 amide bonds. The second-order valence-electron chi connectivity index (χ2n) is 18.5. The number of hydrogen-bond acceptors (Lipinski definition) is 5. The minimum absolute atomic E-state index is 0.829. The molecule has 14 aromatic rings. The van der Waals surface area contributed by atoms with Gasteiger partial charge in [0.2, 0.25) is 0 Å². The fraction of sp³-hybridized carbons (Fsp3) is 0. The molecule has 0 aliphatic heterocycles. The molecule has 2 heterocycles. The highest BCUT2D eigenvalue weighted by Gasteiger charge is 2.25. The van der Waals surface area contributed by atoms with E-state index in [2.05, 4.69) is 288 Å². The Morgan fingerprint density at radius 2 is 0.685 bits per heavy atom. The van der Waals surface area contributed by atoms with Gasteiger partial charge in [-0.3, -0.25) is 0 Å². The molecule has 0 spiro atoms. The lowest BCUT2D eigenvalue weighted by atomic mass is 9.98. The topological polar surface area (TPSA) is 22.9 Å². The summed E-state index contributed by atoms with van der Waals surface area (Å²) in [5.74, 6) is 0. The number of rotatable bonds is 10. The molecule has 0 unspecified atom stereocenters. The van der Waals surface area contributed by atoms with E-state index < -0.39 is 0 Å². The Morgan fingerprint density at radius 1 is 0.260 bits per heavy atom. The summed E-state index contributed by atoms with van der Waals surface area (Å²) < 4.78 is 9.73. The van der Waals surface area contributed by atoms with Crippen molar-refractivity contribution in [2.75, 3.05) is 14.7 Å². The molecule has 12 aromatic carbocycles. The lowest BCUT2D eigenvalue weighted by Gasteiger charge is -2.30. The first-order valence-corrected chi connectivity index (χ1v) is 25.6. The maximum atomic E-state index is 7.13. The third-order valence-corrected chi connectivity index (χ3v) is 15.3. The first kappa shape index (κ1) is 42.5. The van der Waals surface area contributed by atoms with E-state index in [1.54, 1.807) is 0 Å². The summed E-state index contributed by atoms with van der Waals surface area (Å²) >= 11 is 1.87. The molecular formula is C68H45N3OS. The Hall–Kier alpha value is -9.42. The van der Waals surface area contributed by atoms with Crippen LogP contribution in [0.2, 0.25) is 0 Å². The maximum absolute atomic E-state index is 7.13. The van der Waals surface area contributed by atoms with Crippen molar-refractivity contribution >= 4 is 126 Å². The van der Waals surface area contributed by atoms with Crippen molar-refractivity contribution in [1.82, 2.24) is 0 Å². The fourth-order valence-electron chi connectivity index (χ4n) is 10.9. The summed E-state index contributed by atoms with van der Waals surface area (Å²) in [6.45, 7) is 0. The van der Waals surface area contributed by atoms with Crippen LogP contribution in [0.25, 0.3) is 74.8 Å². The van der Waals surface area contributed by atoms with Crippen LogP contribution in [0, 0.1) is 0 Å². The molecule has 14 rings (SSSR count). The van der Waals surface area contributed by atoms with Crippen LogP contribution >= 0.6 is 11.3 Å². The lowest BCUT2D eigenvalue weighted by molar-refractivity contribution is 0.673. The zero-order valence-corrected chi connectivity index (χ0v) is 40.5. The lowest BCUT2D eigenvalue weighted by Crippen LogP contribution is -2.13. The zero-order valence-electron chi connectivity index (χ0n) is 39.6. The largest absolute Gasteiger partial charge is 0.455 e. The second kappa shape index (κ2) is 17.8. The molecule has 0 bridgehead atoms. The van der Waals surface area contributed by atoms with E-state index in [0.717, 1.165) is 95.0 Å². The smallest absolute Gasteiger partial charge is 0.143 e. The first-order chi connectivity index (χ1) is 36.2. The van der Waals surface area contributed by atoms with Crippen molar-refractivity contribution in [1.29, 1.82) is 0 Å². The monoisotopic (exact) mass is 951 g/mol. The van der Waals surface area contributed by atoms with Crippen LogP contribution in [0.3, 0.4) is 0 Å². The Balaban J connectivity index is 0.990. The van der Waals surface area contributed by atoms with Crippen LogP contribution in [0.15, 0.2) is 277 Å². The van der Waals surface area contributed by atoms with Crippen molar-refractivity contribution < 1.29 is 4.42 Å². The van der Waals surface area contributed by atoms with E-state index in [1.807, 2.05) is 11.3 Å². The van der Waals surface area contributed by atoms with Gasteiger partial charge in [-0.25, -0.2) is 0 Å². The summed E-state index contributed by atoms with van der Waals surface area (Å²) in [6.07, 6.45) is 0. The van der Waals surface area contributed by atoms with Crippen LogP contribution in [-0.4, -0.2) is 0 Å². The summed E-state index contributed by atoms with van der Waals surface area (Å²) in [6, 6.07) is 98.2. The van der Waals surface area contributed by atoms with E-state index in [-0.39, 0.29) is 0 Å². The van der Waals surface area contributed by atoms with Crippen LogP contribution in [0.1, 0.15) is 0 Å². The number of nitrogens with zero attached hydrogens (tertiary/aromatic N) is 3. The molecule has 0 radical (unpaired) electrons. The standard InChI is InChI=1S/C68H45N3OS/c1-6-22-48(23-7-1)69(49-24-8-2-9-25-49)53-40-47(41-54(43-53)70(50-26-10-3-11-27-50)51-28-12-4-13-29-51)46-38-39-57-61-44-63(55-32-16-18-35-59(55)67(61)72-65(57)42-46)71(52-30-14-5-15-31-52)64-45-62-58-34-20-21-37-66(58)73-68(62)60-36-19-17-33-56(60)64/h1-45H. The molecule has 4 nitrogen and oxygen atoms in total. The van der Waals surface area contributed by atoms with E-state index in [9.17, 15) is 0 Å². The highest BCUT2D eigenvalue weighted by Crippen LogP contribution is 2.50. The molecule has 2 aromatic heterocycles. The average Bonchev–Trinajstić information content (AvgIpc) is 4.05. The normalized spacial score (nSPS) is 11.6. The number of anilines is 9. The van der Waals surface area contributed by atoms with Crippen LogP contribution in [0.4, 0.5) is 51.2 Å². The predicted octanol–water partition coefficient (Wildman–Crippen LogP) is 20.3. The van der Waals surface area contributed by atoms with Crippen molar-refractivity contribution in [3.05, 3.63) is 273 Å². The average molecular weight is 952 g/mol. The molecule has 0 saturated carbocycles. The van der Waals surface area contributed by atoms with Gasteiger partial charge in [0, 0.05) is 92.3 Å². The Bertz CT molecular complexity index is 4150. The molecule has 73 heavy (non-hydrogen) atoms. The summed E-state index contributed by atoms with van der Waals surface area (Å²) in [7, 11) is 0. The summed E-state index contributed by atoms with van der Waals surface area (Å²) in [5.41, 5.74) is 13.5. The molecule has 0 saturated heterocycles. The minimum atomic E-state index is 0.829. The van der Waals surface area contributed by atoms with Gasteiger partial charge >= 0.3 is 0 Å². The molecule has 0 aliphatic rings. The molecule has 0 atom stereocenters. The first-order valence-electron chi connectivity index (χ1n) is 24.7. The predicted molar refractivity (Wildman–Crippen MR) is 311 cm³/mol. The van der Waals surface area contributed by atoms with Crippen molar-refractivity contribution in [3.8, 4) is 11.1 Å². The van der Waals surface area contributed by atoms with Gasteiger partial charge in [-0.05, 0) is 120 Å². The Labute approximate surface area is 427 Å². The van der Waals surface area contributed by atoms with E-state index in [4.69, 9.17) is 4.42 Å². The number of fused-ring (bicyclic) bond motifs is 10. The molecule has 0 aliphatic carbocycles. The molecule has 5 heteroatoms. The van der Waals surface area contributed by atoms with Gasteiger partial charge in [0.25, 0.3) is 0 Å². The van der Waals surface area contributed by atoms with Gasteiger partial charge in [-0.1, -0.05) is 164 Å². The third kappa shape index (κ3) is 7.37. The van der Waals surface area contributed by atoms with E-state index >= 15 is 0 Å². The van der Waals surface area contributed by atoms with Crippen molar-refractivity contribution in [2.24, 2.45) is 0 Å². The number of benzene rings is 12. The van der Waals surface area contributed by atoms with Gasteiger partial charge < -0.3 is 19.1 Å². The van der Waals surface area contributed by atoms with E-state index in [1.165, 1.54) is 30.9 Å². The second-order valence-corrected chi connectivity index (χ2v) is 19.5. The van der Waals surface area contributed by atoms with Crippen LogP contribution in [0.5, 0.6) is 0 Å². The number of para-hydroxylation sites is 5.